The molecule has 29 heavy (non-hydrogen) atoms. The van der Waals surface area contributed by atoms with Crippen molar-refractivity contribution < 1.29 is 18.3 Å². The number of carbonyl (C=O) groups excluding carboxylic acids is 1. The van der Waals surface area contributed by atoms with Gasteiger partial charge in [-0.1, -0.05) is 6.07 Å². The predicted molar refractivity (Wildman–Crippen MR) is 99.7 cm³/mol. The van der Waals surface area contributed by atoms with Crippen molar-refractivity contribution >= 4 is 5.91 Å². The molecule has 1 fully saturated rings. The molecule has 0 aliphatic carbocycles. The number of likely N-dealkylation sites (tertiary alicyclic amines) is 1. The van der Waals surface area contributed by atoms with Gasteiger partial charge in [-0.3, -0.25) is 4.79 Å². The highest BCUT2D eigenvalue weighted by molar-refractivity contribution is 5.98. The van der Waals surface area contributed by atoms with Crippen LogP contribution in [0.1, 0.15) is 30.1 Å². The normalized spacial score (nSPS) is 19.2. The first-order chi connectivity index (χ1) is 14.0. The van der Waals surface area contributed by atoms with E-state index in [1.54, 1.807) is 11.0 Å². The van der Waals surface area contributed by atoms with Gasteiger partial charge < -0.3 is 9.64 Å². The van der Waals surface area contributed by atoms with Gasteiger partial charge in [0, 0.05) is 12.6 Å². The summed E-state index contributed by atoms with van der Waals surface area (Å²) in [5.74, 6) is -1.27. The van der Waals surface area contributed by atoms with Crippen LogP contribution in [0.3, 0.4) is 0 Å². The van der Waals surface area contributed by atoms with Crippen LogP contribution in [0.2, 0.25) is 0 Å². The molecule has 1 amide bonds. The summed E-state index contributed by atoms with van der Waals surface area (Å²) < 4.78 is 33.6. The van der Waals surface area contributed by atoms with Gasteiger partial charge in [-0.05, 0) is 38.0 Å². The maximum absolute atomic E-state index is 14.7. The van der Waals surface area contributed by atoms with E-state index >= 15 is 0 Å². The first kappa shape index (κ1) is 19.0. The molecule has 1 aliphatic heterocycles. The van der Waals surface area contributed by atoms with Crippen molar-refractivity contribution in [1.29, 1.82) is 0 Å². The molecule has 0 N–H and O–H groups in total. The van der Waals surface area contributed by atoms with Crippen molar-refractivity contribution in [3.8, 4) is 11.6 Å². The Bertz CT molecular complexity index is 995. The van der Waals surface area contributed by atoms with Gasteiger partial charge in [0.15, 0.2) is 0 Å². The zero-order valence-electron chi connectivity index (χ0n) is 15.7. The van der Waals surface area contributed by atoms with E-state index in [0.29, 0.717) is 19.4 Å². The number of hydrogen-bond donors (Lipinski definition) is 0. The van der Waals surface area contributed by atoms with E-state index in [1.807, 2.05) is 6.92 Å². The SMILES string of the molecule is C[C@H]1[C@H](Oc2ccc(F)cn2)CCCN1C(=O)c1c(F)cccc1-n1nccn1. The van der Waals surface area contributed by atoms with Crippen molar-refractivity contribution in [3.63, 3.8) is 0 Å². The molecular formula is C20H19F2N5O2. The third-order valence-corrected chi connectivity index (χ3v) is 4.99. The monoisotopic (exact) mass is 399 g/mol. The molecule has 9 heteroatoms. The summed E-state index contributed by atoms with van der Waals surface area (Å²) in [4.78, 5) is 20.0. The molecule has 150 valence electrons. The summed E-state index contributed by atoms with van der Waals surface area (Å²) in [7, 11) is 0. The summed E-state index contributed by atoms with van der Waals surface area (Å²) in [6, 6.07) is 6.73. The summed E-state index contributed by atoms with van der Waals surface area (Å²) in [5.41, 5.74) is 0.187. The van der Waals surface area contributed by atoms with E-state index in [9.17, 15) is 13.6 Å². The number of halogens is 2. The van der Waals surface area contributed by atoms with Gasteiger partial charge in [0.25, 0.3) is 5.91 Å². The number of carbonyl (C=O) groups is 1. The quantitative estimate of drug-likeness (QED) is 0.674. The number of rotatable bonds is 4. The molecule has 0 bridgehead atoms. The number of pyridine rings is 1. The van der Waals surface area contributed by atoms with Gasteiger partial charge in [-0.15, -0.1) is 0 Å². The molecule has 2 aromatic heterocycles. The third-order valence-electron chi connectivity index (χ3n) is 4.99. The number of nitrogens with zero attached hydrogens (tertiary/aromatic N) is 5. The highest BCUT2D eigenvalue weighted by Gasteiger charge is 2.35. The van der Waals surface area contributed by atoms with Crippen molar-refractivity contribution in [2.75, 3.05) is 6.54 Å². The maximum atomic E-state index is 14.7. The van der Waals surface area contributed by atoms with Crippen LogP contribution in [0.5, 0.6) is 5.88 Å². The van der Waals surface area contributed by atoms with Crippen molar-refractivity contribution in [2.45, 2.75) is 31.9 Å². The van der Waals surface area contributed by atoms with Crippen LogP contribution < -0.4 is 4.74 Å². The van der Waals surface area contributed by atoms with Crippen LogP contribution in [-0.2, 0) is 0 Å². The smallest absolute Gasteiger partial charge is 0.259 e. The lowest BCUT2D eigenvalue weighted by atomic mass is 9.98. The fraction of sp³-hybridized carbons (Fsp3) is 0.300. The number of benzene rings is 1. The second kappa shape index (κ2) is 7.94. The number of hydrogen-bond acceptors (Lipinski definition) is 5. The van der Waals surface area contributed by atoms with Gasteiger partial charge >= 0.3 is 0 Å². The van der Waals surface area contributed by atoms with Crippen LogP contribution in [0, 0.1) is 11.6 Å². The molecule has 7 nitrogen and oxygen atoms in total. The zero-order chi connectivity index (χ0) is 20.4. The molecule has 1 aliphatic rings. The van der Waals surface area contributed by atoms with E-state index in [-0.39, 0.29) is 29.3 Å². The Morgan fingerprint density at radius 3 is 2.69 bits per heavy atom. The van der Waals surface area contributed by atoms with Gasteiger partial charge in [0.2, 0.25) is 5.88 Å². The molecule has 4 rings (SSSR count). The number of piperidine rings is 1. The summed E-state index contributed by atoms with van der Waals surface area (Å²) in [5, 5.41) is 8.03. The Morgan fingerprint density at radius 2 is 1.97 bits per heavy atom. The Kier molecular flexibility index (Phi) is 5.20. The van der Waals surface area contributed by atoms with Gasteiger partial charge in [-0.25, -0.2) is 13.8 Å². The lowest BCUT2D eigenvalue weighted by Crippen LogP contribution is -2.51. The first-order valence-corrected chi connectivity index (χ1v) is 9.29. The Hall–Kier alpha value is -3.36. The van der Waals surface area contributed by atoms with Crippen LogP contribution in [-0.4, -0.2) is 49.5 Å². The van der Waals surface area contributed by atoms with Crippen molar-refractivity contribution in [1.82, 2.24) is 24.9 Å². The molecule has 3 aromatic rings. The molecule has 2 atom stereocenters. The second-order valence-electron chi connectivity index (χ2n) is 6.80. The fourth-order valence-corrected chi connectivity index (χ4v) is 3.51. The largest absolute Gasteiger partial charge is 0.472 e. The highest BCUT2D eigenvalue weighted by Crippen LogP contribution is 2.26. The lowest BCUT2D eigenvalue weighted by Gasteiger charge is -2.39. The van der Waals surface area contributed by atoms with Gasteiger partial charge in [-0.2, -0.15) is 15.0 Å². The van der Waals surface area contributed by atoms with E-state index in [4.69, 9.17) is 4.74 Å². The van der Waals surface area contributed by atoms with Crippen LogP contribution in [0.25, 0.3) is 5.69 Å². The molecular weight excluding hydrogens is 380 g/mol. The van der Waals surface area contributed by atoms with Crippen LogP contribution >= 0.6 is 0 Å². The number of aromatic nitrogens is 4. The minimum Gasteiger partial charge on any atom is -0.472 e. The maximum Gasteiger partial charge on any atom is 0.259 e. The number of ether oxygens (including phenoxy) is 1. The predicted octanol–water partition coefficient (Wildman–Crippen LogP) is 3.01. The zero-order valence-corrected chi connectivity index (χ0v) is 15.7. The molecule has 0 spiro atoms. The topological polar surface area (TPSA) is 73.1 Å². The Morgan fingerprint density at radius 1 is 1.17 bits per heavy atom. The highest BCUT2D eigenvalue weighted by atomic mass is 19.1. The summed E-state index contributed by atoms with van der Waals surface area (Å²) in [6.07, 6.45) is 5.04. The Labute approximate surface area is 165 Å². The first-order valence-electron chi connectivity index (χ1n) is 9.29. The number of amides is 1. The molecule has 3 heterocycles. The second-order valence-corrected chi connectivity index (χ2v) is 6.80. The third kappa shape index (κ3) is 3.80. The lowest BCUT2D eigenvalue weighted by molar-refractivity contribution is 0.0262. The van der Waals surface area contributed by atoms with Gasteiger partial charge in [0.05, 0.1) is 24.6 Å². The van der Waals surface area contributed by atoms with Crippen molar-refractivity contribution in [2.24, 2.45) is 0 Å². The fourth-order valence-electron chi connectivity index (χ4n) is 3.51. The summed E-state index contributed by atoms with van der Waals surface area (Å²) >= 11 is 0. The van der Waals surface area contributed by atoms with E-state index < -0.39 is 17.5 Å². The van der Waals surface area contributed by atoms with Crippen LogP contribution in [0.4, 0.5) is 8.78 Å². The molecule has 0 unspecified atom stereocenters. The van der Waals surface area contributed by atoms with E-state index in [1.165, 1.54) is 41.5 Å². The Balaban J connectivity index is 1.60. The van der Waals surface area contributed by atoms with Crippen LogP contribution in [0.15, 0.2) is 48.9 Å². The molecule has 1 aromatic carbocycles. The molecule has 1 saturated heterocycles. The average Bonchev–Trinajstić information content (AvgIpc) is 3.25. The van der Waals surface area contributed by atoms with E-state index in [2.05, 4.69) is 15.2 Å². The minimum atomic E-state index is -0.639. The van der Waals surface area contributed by atoms with Gasteiger partial charge in [0.1, 0.15) is 29.0 Å². The average molecular weight is 399 g/mol. The summed E-state index contributed by atoms with van der Waals surface area (Å²) in [6.45, 7) is 2.31. The molecule has 0 radical (unpaired) electrons. The van der Waals surface area contributed by atoms with Crippen molar-refractivity contribution in [3.05, 3.63) is 66.1 Å². The minimum absolute atomic E-state index is 0.0869. The molecule has 0 saturated carbocycles. The standard InChI is InChI=1S/C20H19F2N5O2/c1-13-17(29-18-8-7-14(21)12-23-18)6-3-11-26(13)20(28)19-15(22)4-2-5-16(19)27-24-9-10-25-27/h2,4-5,7-10,12-13,17H,3,6,11H2,1H3/t13-,17+/m0/s1. The van der Waals surface area contributed by atoms with E-state index in [0.717, 1.165) is 6.20 Å².